The Bertz CT molecular complexity index is 738. The minimum atomic E-state index is -3.66. The Labute approximate surface area is 118 Å². The van der Waals surface area contributed by atoms with E-state index in [-0.39, 0.29) is 16.9 Å². The molecule has 0 radical (unpaired) electrons. The third-order valence-corrected chi connectivity index (χ3v) is 5.34. The monoisotopic (exact) mass is 294 g/mol. The van der Waals surface area contributed by atoms with Crippen LogP contribution in [0.1, 0.15) is 26.2 Å². The highest BCUT2D eigenvalue weighted by Crippen LogP contribution is 2.27. The van der Waals surface area contributed by atoms with Crippen LogP contribution in [0.5, 0.6) is 0 Å². The second-order valence-electron chi connectivity index (χ2n) is 5.47. The van der Waals surface area contributed by atoms with Gasteiger partial charge in [-0.1, -0.05) is 13.0 Å². The van der Waals surface area contributed by atoms with Crippen molar-refractivity contribution >= 4 is 21.5 Å². The Morgan fingerprint density at radius 1 is 1.40 bits per heavy atom. The number of nitrogens with one attached hydrogen (secondary N) is 1. The quantitative estimate of drug-likeness (QED) is 0.895. The van der Waals surface area contributed by atoms with Gasteiger partial charge in [-0.25, -0.2) is 18.1 Å². The molecule has 0 spiro atoms. The third kappa shape index (κ3) is 2.27. The summed E-state index contributed by atoms with van der Waals surface area (Å²) in [6, 6.07) is 5.27. The van der Waals surface area contributed by atoms with Crippen LogP contribution in [-0.2, 0) is 10.0 Å². The topological polar surface area (TPSA) is 89.5 Å². The maximum absolute atomic E-state index is 12.5. The van der Waals surface area contributed by atoms with Crippen LogP contribution in [0.25, 0.3) is 5.65 Å². The van der Waals surface area contributed by atoms with E-state index in [4.69, 9.17) is 5.73 Å². The van der Waals surface area contributed by atoms with Crippen molar-refractivity contribution in [2.75, 3.05) is 5.73 Å². The van der Waals surface area contributed by atoms with Crippen molar-refractivity contribution in [3.8, 4) is 0 Å². The van der Waals surface area contributed by atoms with Crippen molar-refractivity contribution in [1.29, 1.82) is 0 Å². The van der Waals surface area contributed by atoms with Gasteiger partial charge in [0.15, 0.2) is 10.8 Å². The molecule has 2 atom stereocenters. The van der Waals surface area contributed by atoms with Crippen LogP contribution in [0, 0.1) is 5.92 Å². The smallest absolute Gasteiger partial charge is 0.260 e. The molecule has 0 amide bonds. The summed E-state index contributed by atoms with van der Waals surface area (Å²) in [5, 5.41) is 0.0349. The van der Waals surface area contributed by atoms with Gasteiger partial charge >= 0.3 is 0 Å². The summed E-state index contributed by atoms with van der Waals surface area (Å²) in [4.78, 5) is 4.09. The molecule has 0 bridgehead atoms. The number of hydrogen-bond acceptors (Lipinski definition) is 4. The lowest BCUT2D eigenvalue weighted by Crippen LogP contribution is -2.34. The molecule has 20 heavy (non-hydrogen) atoms. The van der Waals surface area contributed by atoms with Crippen LogP contribution in [0.15, 0.2) is 29.4 Å². The zero-order valence-corrected chi connectivity index (χ0v) is 12.1. The summed E-state index contributed by atoms with van der Waals surface area (Å²) in [7, 11) is -3.66. The number of nitrogens with two attached hydrogens (primary N) is 1. The third-order valence-electron chi connectivity index (χ3n) is 3.78. The normalized spacial score (nSPS) is 23.4. The number of pyridine rings is 1. The number of nitrogens with zero attached hydrogens (tertiary/aromatic N) is 2. The molecule has 1 aliphatic rings. The Balaban J connectivity index is 1.99. The molecule has 0 aliphatic heterocycles. The van der Waals surface area contributed by atoms with Crippen molar-refractivity contribution in [2.45, 2.75) is 37.3 Å². The molecule has 108 valence electrons. The maximum atomic E-state index is 12.5. The first kappa shape index (κ1) is 13.4. The van der Waals surface area contributed by atoms with Crippen LogP contribution in [0.3, 0.4) is 0 Å². The molecular formula is C13H18N4O2S. The molecule has 3 N–H and O–H groups in total. The Kier molecular flexibility index (Phi) is 3.18. The number of anilines is 1. The maximum Gasteiger partial charge on any atom is 0.260 e. The van der Waals surface area contributed by atoms with Gasteiger partial charge in [-0.3, -0.25) is 4.40 Å². The molecule has 1 saturated carbocycles. The van der Waals surface area contributed by atoms with Gasteiger partial charge in [0.2, 0.25) is 0 Å². The molecular weight excluding hydrogens is 276 g/mol. The highest BCUT2D eigenvalue weighted by atomic mass is 32.2. The summed E-state index contributed by atoms with van der Waals surface area (Å²) >= 11 is 0. The molecule has 3 rings (SSSR count). The number of hydrogen-bond donors (Lipinski definition) is 2. The minimum Gasteiger partial charge on any atom is -0.381 e. The predicted octanol–water partition coefficient (Wildman–Crippen LogP) is 1.38. The highest BCUT2D eigenvalue weighted by Gasteiger charge is 2.30. The zero-order valence-electron chi connectivity index (χ0n) is 11.3. The SMILES string of the molecule is CC1CCC(NS(=O)(=O)c2c(N)nc3ccccn23)C1. The molecule has 0 saturated heterocycles. The molecule has 2 heterocycles. The molecule has 2 aromatic heterocycles. The fourth-order valence-corrected chi connectivity index (χ4v) is 4.35. The van der Waals surface area contributed by atoms with E-state index in [0.717, 1.165) is 19.3 Å². The van der Waals surface area contributed by atoms with E-state index in [1.54, 1.807) is 24.4 Å². The van der Waals surface area contributed by atoms with Crippen LogP contribution in [-0.4, -0.2) is 23.8 Å². The van der Waals surface area contributed by atoms with Crippen LogP contribution in [0.2, 0.25) is 0 Å². The lowest BCUT2D eigenvalue weighted by molar-refractivity contribution is 0.535. The predicted molar refractivity (Wildman–Crippen MR) is 76.7 cm³/mol. The summed E-state index contributed by atoms with van der Waals surface area (Å²) in [5.74, 6) is 0.594. The van der Waals surface area contributed by atoms with Gasteiger partial charge in [0.25, 0.3) is 10.0 Å². The lowest BCUT2D eigenvalue weighted by Gasteiger charge is -2.13. The Morgan fingerprint density at radius 2 is 2.20 bits per heavy atom. The number of sulfonamides is 1. The Hall–Kier alpha value is -1.60. The van der Waals surface area contributed by atoms with Crippen molar-refractivity contribution in [2.24, 2.45) is 5.92 Å². The molecule has 2 unspecified atom stereocenters. The summed E-state index contributed by atoms with van der Waals surface area (Å²) in [6.07, 6.45) is 4.45. The Morgan fingerprint density at radius 3 is 2.90 bits per heavy atom. The van der Waals surface area contributed by atoms with Crippen LogP contribution < -0.4 is 10.5 Å². The second kappa shape index (κ2) is 4.75. The van der Waals surface area contributed by atoms with E-state index in [9.17, 15) is 8.42 Å². The van der Waals surface area contributed by atoms with Crippen molar-refractivity contribution in [3.63, 3.8) is 0 Å². The number of fused-ring (bicyclic) bond motifs is 1. The first-order valence-corrected chi connectivity index (χ1v) is 8.20. The minimum absolute atomic E-state index is 0.0105. The average Bonchev–Trinajstić information content (AvgIpc) is 2.91. The second-order valence-corrected chi connectivity index (χ2v) is 7.10. The highest BCUT2D eigenvalue weighted by molar-refractivity contribution is 7.89. The fourth-order valence-electron chi connectivity index (χ4n) is 2.85. The fraction of sp³-hybridized carbons (Fsp3) is 0.462. The number of rotatable bonds is 3. The molecule has 2 aromatic rings. The van der Waals surface area contributed by atoms with Gasteiger partial charge in [0.05, 0.1) is 0 Å². The van der Waals surface area contributed by atoms with E-state index >= 15 is 0 Å². The zero-order chi connectivity index (χ0) is 14.3. The van der Waals surface area contributed by atoms with Gasteiger partial charge in [-0.05, 0) is 37.3 Å². The van der Waals surface area contributed by atoms with Gasteiger partial charge in [0.1, 0.15) is 5.65 Å². The van der Waals surface area contributed by atoms with Crippen LogP contribution in [0.4, 0.5) is 5.82 Å². The average molecular weight is 294 g/mol. The first-order chi connectivity index (χ1) is 9.47. The van der Waals surface area contributed by atoms with Gasteiger partial charge in [0, 0.05) is 12.2 Å². The summed E-state index contributed by atoms with van der Waals surface area (Å²) < 4.78 is 29.3. The summed E-state index contributed by atoms with van der Waals surface area (Å²) in [6.45, 7) is 2.14. The van der Waals surface area contributed by atoms with E-state index in [0.29, 0.717) is 11.6 Å². The standard InChI is InChI=1S/C13H18N4O2S/c1-9-5-6-10(8-9)16-20(18,19)13-12(14)15-11-4-2-3-7-17(11)13/h2-4,7,9-10,16H,5-6,8,14H2,1H3. The van der Waals surface area contributed by atoms with Crippen molar-refractivity contribution in [1.82, 2.24) is 14.1 Å². The summed E-state index contributed by atoms with van der Waals surface area (Å²) in [5.41, 5.74) is 6.32. The molecule has 7 heteroatoms. The van der Waals surface area contributed by atoms with Gasteiger partial charge in [-0.2, -0.15) is 0 Å². The number of aromatic nitrogens is 2. The van der Waals surface area contributed by atoms with E-state index in [1.807, 2.05) is 0 Å². The van der Waals surface area contributed by atoms with E-state index in [1.165, 1.54) is 4.40 Å². The van der Waals surface area contributed by atoms with E-state index in [2.05, 4.69) is 16.6 Å². The van der Waals surface area contributed by atoms with Crippen LogP contribution >= 0.6 is 0 Å². The molecule has 6 nitrogen and oxygen atoms in total. The lowest BCUT2D eigenvalue weighted by atomic mass is 10.1. The van der Waals surface area contributed by atoms with Crippen molar-refractivity contribution in [3.05, 3.63) is 24.4 Å². The molecule has 0 aromatic carbocycles. The van der Waals surface area contributed by atoms with E-state index < -0.39 is 10.0 Å². The van der Waals surface area contributed by atoms with Gasteiger partial charge < -0.3 is 5.73 Å². The van der Waals surface area contributed by atoms with Crippen molar-refractivity contribution < 1.29 is 8.42 Å². The molecule has 1 fully saturated rings. The number of nitrogen functional groups attached to an aromatic ring is 1. The number of imidazole rings is 1. The largest absolute Gasteiger partial charge is 0.381 e. The first-order valence-electron chi connectivity index (χ1n) is 6.72. The van der Waals surface area contributed by atoms with Gasteiger partial charge in [-0.15, -0.1) is 0 Å². The molecule has 1 aliphatic carbocycles.